The number of nitrogen functional groups attached to an aromatic ring is 1. The first-order chi connectivity index (χ1) is 14.0. The predicted octanol–water partition coefficient (Wildman–Crippen LogP) is 1.10. The van der Waals surface area contributed by atoms with Gasteiger partial charge >= 0.3 is 5.88 Å². The highest BCUT2D eigenvalue weighted by atomic mass is 16.5. The number of hydrogen-bond acceptors (Lipinski definition) is 5. The second-order valence-electron chi connectivity index (χ2n) is 7.53. The van der Waals surface area contributed by atoms with Crippen LogP contribution in [0.4, 0.5) is 5.82 Å². The summed E-state index contributed by atoms with van der Waals surface area (Å²) in [5.41, 5.74) is 9.44. The van der Waals surface area contributed by atoms with Gasteiger partial charge in [-0.2, -0.15) is 0 Å². The van der Waals surface area contributed by atoms with Gasteiger partial charge in [0, 0.05) is 11.6 Å². The maximum Gasteiger partial charge on any atom is 0.306 e. The van der Waals surface area contributed by atoms with E-state index < -0.39 is 0 Å². The van der Waals surface area contributed by atoms with Crippen molar-refractivity contribution in [2.75, 3.05) is 33.5 Å². The number of likely N-dealkylation sites (N-methyl/N-ethyl adjacent to an activating group) is 1. The van der Waals surface area contributed by atoms with E-state index >= 15 is 0 Å². The number of ether oxygens (including phenoxy) is 2. The van der Waals surface area contributed by atoms with Crippen LogP contribution in [0.5, 0.6) is 23.1 Å². The topological polar surface area (TPSA) is 85.9 Å². The van der Waals surface area contributed by atoms with E-state index in [1.54, 1.807) is 25.6 Å². The molecule has 0 spiro atoms. The number of phenolic OH excluding ortho intramolecular Hbond substituents is 1. The van der Waals surface area contributed by atoms with Crippen molar-refractivity contribution >= 4 is 5.82 Å². The largest absolute Gasteiger partial charge is 0.508 e. The molecule has 0 bridgehead atoms. The molecule has 29 heavy (non-hydrogen) atoms. The first kappa shape index (κ1) is 19.0. The van der Waals surface area contributed by atoms with E-state index in [0.717, 1.165) is 35.5 Å². The van der Waals surface area contributed by atoms with Crippen LogP contribution in [0.1, 0.15) is 22.6 Å². The van der Waals surface area contributed by atoms with E-state index in [4.69, 9.17) is 15.2 Å². The summed E-state index contributed by atoms with van der Waals surface area (Å²) in [4.78, 5) is 5.87. The molecule has 2 heterocycles. The zero-order valence-electron chi connectivity index (χ0n) is 16.8. The average molecular weight is 394 g/mol. The van der Waals surface area contributed by atoms with Gasteiger partial charge in [0.05, 0.1) is 27.1 Å². The number of aromatic hydroxyl groups is 1. The van der Waals surface area contributed by atoms with E-state index in [9.17, 15) is 5.11 Å². The number of hydrogen-bond donors (Lipinski definition) is 3. The Kier molecular flexibility index (Phi) is 4.98. The van der Waals surface area contributed by atoms with Crippen LogP contribution in [-0.2, 0) is 6.54 Å². The second-order valence-corrected chi connectivity index (χ2v) is 7.53. The van der Waals surface area contributed by atoms with Gasteiger partial charge in [0.2, 0.25) is 12.1 Å². The van der Waals surface area contributed by atoms with Crippen molar-refractivity contribution in [2.45, 2.75) is 12.5 Å². The van der Waals surface area contributed by atoms with E-state index in [1.807, 2.05) is 34.9 Å². The van der Waals surface area contributed by atoms with Crippen molar-refractivity contribution in [3.05, 3.63) is 65.5 Å². The Bertz CT molecular complexity index is 1030. The van der Waals surface area contributed by atoms with Crippen LogP contribution in [0.2, 0.25) is 0 Å². The van der Waals surface area contributed by atoms with Crippen molar-refractivity contribution in [3.8, 4) is 23.1 Å². The highest BCUT2D eigenvalue weighted by Crippen LogP contribution is 2.48. The van der Waals surface area contributed by atoms with E-state index in [1.165, 1.54) is 4.90 Å². The molecule has 150 valence electrons. The average Bonchev–Trinajstić information content (AvgIpc) is 2.71. The molecule has 7 nitrogen and oxygen atoms in total. The Morgan fingerprint density at radius 1 is 1.21 bits per heavy atom. The molecule has 0 amide bonds. The number of nitrogens with one attached hydrogen (secondary N) is 1. The number of fused-ring (bicyclic) bond motifs is 2. The Balaban J connectivity index is 1.87. The summed E-state index contributed by atoms with van der Waals surface area (Å²) in [5.74, 6) is 2.46. The van der Waals surface area contributed by atoms with E-state index in [0.29, 0.717) is 17.4 Å². The number of anilines is 1. The minimum atomic E-state index is -0.160. The van der Waals surface area contributed by atoms with Gasteiger partial charge in [0.25, 0.3) is 0 Å². The Morgan fingerprint density at radius 3 is 2.66 bits per heavy atom. The molecule has 3 aromatic rings. The minimum Gasteiger partial charge on any atom is -0.508 e. The van der Waals surface area contributed by atoms with Gasteiger partial charge in [-0.3, -0.25) is 0 Å². The minimum absolute atomic E-state index is 0.147. The van der Waals surface area contributed by atoms with Gasteiger partial charge in [0.15, 0.2) is 0 Å². The number of phenols is 1. The zero-order valence-corrected chi connectivity index (χ0v) is 16.8. The number of nitrogens with zero attached hydrogens (tertiary/aromatic N) is 2. The number of rotatable bonds is 5. The van der Waals surface area contributed by atoms with Crippen LogP contribution in [0.3, 0.4) is 0 Å². The smallest absolute Gasteiger partial charge is 0.306 e. The normalized spacial score (nSPS) is 14.8. The molecular weight excluding hydrogens is 368 g/mol. The summed E-state index contributed by atoms with van der Waals surface area (Å²) in [6.45, 7) is 1.68. The molecule has 0 saturated carbocycles. The maximum atomic E-state index is 9.93. The molecule has 0 unspecified atom stereocenters. The Hall–Kier alpha value is -3.32. The van der Waals surface area contributed by atoms with Crippen LogP contribution < -0.4 is 24.7 Å². The first-order valence-corrected chi connectivity index (χ1v) is 9.59. The summed E-state index contributed by atoms with van der Waals surface area (Å²) in [6, 6.07) is 13.1. The molecule has 0 fully saturated rings. The SMILES string of the molecule is COc1ccc([C@@H]2c3ccc(O)cc3Oc3nc[n+](CC[NH+](C)C)c(N)c32)cc1. The van der Waals surface area contributed by atoms with Crippen LogP contribution >= 0.6 is 0 Å². The number of methoxy groups -OCH3 is 1. The lowest BCUT2D eigenvalue weighted by molar-refractivity contribution is -0.882. The highest BCUT2D eigenvalue weighted by Gasteiger charge is 2.36. The van der Waals surface area contributed by atoms with Gasteiger partial charge < -0.3 is 25.2 Å². The molecule has 0 aliphatic carbocycles. The van der Waals surface area contributed by atoms with Crippen molar-refractivity contribution in [1.29, 1.82) is 0 Å². The van der Waals surface area contributed by atoms with Crippen molar-refractivity contribution in [1.82, 2.24) is 4.98 Å². The monoisotopic (exact) mass is 394 g/mol. The third-order valence-electron chi connectivity index (χ3n) is 5.24. The summed E-state index contributed by atoms with van der Waals surface area (Å²) in [5, 5.41) is 9.93. The summed E-state index contributed by atoms with van der Waals surface area (Å²) >= 11 is 0. The Labute approximate surface area is 169 Å². The number of benzene rings is 2. The fourth-order valence-electron chi connectivity index (χ4n) is 3.65. The molecule has 7 heteroatoms. The lowest BCUT2D eigenvalue weighted by Gasteiger charge is -2.27. The van der Waals surface area contributed by atoms with Gasteiger partial charge in [-0.15, -0.1) is 0 Å². The van der Waals surface area contributed by atoms with Gasteiger partial charge in [-0.1, -0.05) is 23.2 Å². The standard InChI is InChI=1S/C22H24N4O3/c1-25(2)10-11-26-13-24-22-20(21(26)23)19(14-4-7-16(28-3)8-5-14)17-9-6-15(27)12-18(17)29-22/h4-9,12-13,19,23,27H,10-11H2,1-3H3/p+2/t19-/m1/s1. The summed E-state index contributed by atoms with van der Waals surface area (Å²) < 4.78 is 13.3. The molecule has 1 aliphatic heterocycles. The number of aromatic nitrogens is 2. The van der Waals surface area contributed by atoms with Crippen molar-refractivity contribution in [3.63, 3.8) is 0 Å². The van der Waals surface area contributed by atoms with E-state index in [-0.39, 0.29) is 11.7 Å². The Morgan fingerprint density at radius 2 is 1.97 bits per heavy atom. The highest BCUT2D eigenvalue weighted by molar-refractivity contribution is 5.62. The molecule has 1 aromatic heterocycles. The van der Waals surface area contributed by atoms with Gasteiger partial charge in [-0.05, 0) is 23.8 Å². The molecule has 4 N–H and O–H groups in total. The molecule has 0 radical (unpaired) electrons. The third-order valence-corrected chi connectivity index (χ3v) is 5.24. The molecule has 2 aromatic carbocycles. The fraction of sp³-hybridized carbons (Fsp3) is 0.273. The summed E-state index contributed by atoms with van der Waals surface area (Å²) in [6.07, 6.45) is 1.72. The van der Waals surface area contributed by atoms with Crippen molar-refractivity contribution < 1.29 is 24.0 Å². The molecule has 1 atom stereocenters. The van der Waals surface area contributed by atoms with Crippen LogP contribution in [0.25, 0.3) is 0 Å². The lowest BCUT2D eigenvalue weighted by Crippen LogP contribution is -3.06. The first-order valence-electron chi connectivity index (χ1n) is 9.59. The number of quaternary nitrogens is 1. The predicted molar refractivity (Wildman–Crippen MR) is 109 cm³/mol. The molecule has 1 aliphatic rings. The zero-order chi connectivity index (χ0) is 20.5. The number of nitrogens with two attached hydrogens (primary N) is 1. The third kappa shape index (κ3) is 3.56. The van der Waals surface area contributed by atoms with Crippen LogP contribution in [0, 0.1) is 0 Å². The molecule has 4 rings (SSSR count). The fourth-order valence-corrected chi connectivity index (χ4v) is 3.65. The van der Waals surface area contributed by atoms with E-state index in [2.05, 4.69) is 19.1 Å². The molecular formula is C22H26N4O3+2. The van der Waals surface area contributed by atoms with Crippen LogP contribution in [-0.4, -0.2) is 37.8 Å². The van der Waals surface area contributed by atoms with Gasteiger partial charge in [-0.25, -0.2) is 4.57 Å². The summed E-state index contributed by atoms with van der Waals surface area (Å²) in [7, 11) is 5.86. The lowest BCUT2D eigenvalue weighted by atomic mass is 9.83. The maximum absolute atomic E-state index is 9.93. The van der Waals surface area contributed by atoms with Crippen molar-refractivity contribution in [2.24, 2.45) is 0 Å². The second kappa shape index (κ2) is 7.60. The van der Waals surface area contributed by atoms with Crippen LogP contribution in [0.15, 0.2) is 48.8 Å². The van der Waals surface area contributed by atoms with Gasteiger partial charge in [0.1, 0.15) is 35.9 Å². The quantitative estimate of drug-likeness (QED) is 0.441. The molecule has 0 saturated heterocycles.